The Morgan fingerprint density at radius 1 is 0.800 bits per heavy atom. The van der Waals surface area contributed by atoms with Gasteiger partial charge in [0.05, 0.1) is 16.7 Å². The minimum Gasteiger partial charge on any atom is -0.479 e. The number of rotatable bonds is 4. The molecule has 0 amide bonds. The second-order valence-electron chi connectivity index (χ2n) is 5.85. The number of carboxylic acid groups (broad SMARTS) is 1. The van der Waals surface area contributed by atoms with Crippen molar-refractivity contribution >= 4 is 33.5 Å². The van der Waals surface area contributed by atoms with E-state index in [4.69, 9.17) is 0 Å². The van der Waals surface area contributed by atoms with Gasteiger partial charge in [0.25, 0.3) is 0 Å². The third-order valence-electron chi connectivity index (χ3n) is 4.26. The van der Waals surface area contributed by atoms with Crippen LogP contribution >= 0.6 is 0 Å². The van der Waals surface area contributed by atoms with E-state index >= 15 is 0 Å². The van der Waals surface area contributed by atoms with Crippen molar-refractivity contribution in [2.75, 3.05) is 5.32 Å². The molecule has 4 aromatic rings. The standard InChI is InChI=1S/C21H16N2O2/c24-21(25)19(14-8-2-1-3-9-14)23-20-15-10-4-6-12-17(15)22-18-13-7-5-11-16(18)20/h1-13,19H,(H,22,23)(H,24,25). The lowest BCUT2D eigenvalue weighted by Crippen LogP contribution is -2.20. The lowest BCUT2D eigenvalue weighted by molar-refractivity contribution is -0.138. The molecule has 0 aliphatic carbocycles. The maximum Gasteiger partial charge on any atom is 0.330 e. The van der Waals surface area contributed by atoms with Crippen LogP contribution < -0.4 is 5.32 Å². The predicted molar refractivity (Wildman–Crippen MR) is 99.7 cm³/mol. The van der Waals surface area contributed by atoms with Crippen molar-refractivity contribution in [1.29, 1.82) is 0 Å². The SMILES string of the molecule is O=C(O)C(Nc1c2ccccc2nc2ccccc12)c1ccccc1. The molecule has 122 valence electrons. The van der Waals surface area contributed by atoms with Gasteiger partial charge < -0.3 is 10.4 Å². The Kier molecular flexibility index (Phi) is 3.78. The highest BCUT2D eigenvalue weighted by Gasteiger charge is 2.21. The van der Waals surface area contributed by atoms with Crippen LogP contribution in [0, 0.1) is 0 Å². The van der Waals surface area contributed by atoms with Crippen molar-refractivity contribution in [2.45, 2.75) is 6.04 Å². The maximum absolute atomic E-state index is 11.9. The van der Waals surface area contributed by atoms with Crippen LogP contribution in [0.5, 0.6) is 0 Å². The number of aliphatic carboxylic acids is 1. The summed E-state index contributed by atoms with van der Waals surface area (Å²) in [4.78, 5) is 16.6. The van der Waals surface area contributed by atoms with Crippen molar-refractivity contribution in [3.8, 4) is 0 Å². The molecular formula is C21H16N2O2. The summed E-state index contributed by atoms with van der Waals surface area (Å²) in [6.45, 7) is 0. The van der Waals surface area contributed by atoms with Gasteiger partial charge in [-0.3, -0.25) is 0 Å². The second-order valence-corrected chi connectivity index (χ2v) is 5.85. The van der Waals surface area contributed by atoms with E-state index in [1.54, 1.807) is 0 Å². The first kappa shape index (κ1) is 15.1. The molecule has 4 rings (SSSR count). The summed E-state index contributed by atoms with van der Waals surface area (Å²) >= 11 is 0. The largest absolute Gasteiger partial charge is 0.479 e. The van der Waals surface area contributed by atoms with Crippen LogP contribution in [-0.2, 0) is 4.79 Å². The van der Waals surface area contributed by atoms with Crippen molar-refractivity contribution < 1.29 is 9.90 Å². The first-order valence-electron chi connectivity index (χ1n) is 8.06. The number of aromatic nitrogens is 1. The van der Waals surface area contributed by atoms with Crippen LogP contribution in [0.3, 0.4) is 0 Å². The molecule has 0 aliphatic rings. The number of carbonyl (C=O) groups is 1. The number of anilines is 1. The van der Waals surface area contributed by atoms with E-state index in [1.807, 2.05) is 78.9 Å². The molecule has 0 aliphatic heterocycles. The van der Waals surface area contributed by atoms with E-state index in [9.17, 15) is 9.90 Å². The van der Waals surface area contributed by atoms with E-state index in [0.717, 1.165) is 27.5 Å². The van der Waals surface area contributed by atoms with Crippen LogP contribution in [-0.4, -0.2) is 16.1 Å². The number of carboxylic acids is 1. The zero-order valence-corrected chi connectivity index (χ0v) is 13.4. The molecule has 0 saturated carbocycles. The molecule has 1 atom stereocenters. The average molecular weight is 328 g/mol. The quantitative estimate of drug-likeness (QED) is 0.536. The smallest absolute Gasteiger partial charge is 0.330 e. The van der Waals surface area contributed by atoms with Crippen molar-refractivity contribution in [2.24, 2.45) is 0 Å². The van der Waals surface area contributed by atoms with Crippen molar-refractivity contribution in [3.05, 3.63) is 84.4 Å². The van der Waals surface area contributed by atoms with Gasteiger partial charge in [-0.2, -0.15) is 0 Å². The maximum atomic E-state index is 11.9. The number of benzene rings is 3. The number of nitrogens with zero attached hydrogens (tertiary/aromatic N) is 1. The van der Waals surface area contributed by atoms with Gasteiger partial charge in [-0.1, -0.05) is 66.7 Å². The normalized spacial score (nSPS) is 12.2. The van der Waals surface area contributed by atoms with Crippen LogP contribution in [0.15, 0.2) is 78.9 Å². The van der Waals surface area contributed by atoms with Gasteiger partial charge in [0.1, 0.15) is 0 Å². The second kappa shape index (κ2) is 6.24. The Morgan fingerprint density at radius 2 is 1.32 bits per heavy atom. The molecule has 0 spiro atoms. The van der Waals surface area contributed by atoms with Crippen LogP contribution in [0.25, 0.3) is 21.8 Å². The zero-order valence-electron chi connectivity index (χ0n) is 13.4. The number of hydrogen-bond donors (Lipinski definition) is 2. The molecule has 1 aromatic heterocycles. The first-order chi connectivity index (χ1) is 12.2. The molecule has 1 unspecified atom stereocenters. The highest BCUT2D eigenvalue weighted by Crippen LogP contribution is 2.33. The fraction of sp³-hybridized carbons (Fsp3) is 0.0476. The summed E-state index contributed by atoms with van der Waals surface area (Å²) in [7, 11) is 0. The van der Waals surface area contributed by atoms with Crippen LogP contribution in [0.2, 0.25) is 0 Å². The minimum absolute atomic E-state index is 0.708. The molecule has 4 heteroatoms. The van der Waals surface area contributed by atoms with E-state index in [0.29, 0.717) is 5.56 Å². The summed E-state index contributed by atoms with van der Waals surface area (Å²) in [5, 5.41) is 14.8. The topological polar surface area (TPSA) is 62.2 Å². The first-order valence-corrected chi connectivity index (χ1v) is 8.06. The van der Waals surface area contributed by atoms with E-state index in [1.165, 1.54) is 0 Å². The highest BCUT2D eigenvalue weighted by atomic mass is 16.4. The van der Waals surface area contributed by atoms with E-state index < -0.39 is 12.0 Å². The number of para-hydroxylation sites is 2. The fourth-order valence-electron chi connectivity index (χ4n) is 3.07. The van der Waals surface area contributed by atoms with Gasteiger partial charge in [-0.05, 0) is 17.7 Å². The number of pyridine rings is 1. The number of hydrogen-bond acceptors (Lipinski definition) is 3. The molecule has 2 N–H and O–H groups in total. The van der Waals surface area contributed by atoms with Gasteiger partial charge in [0, 0.05) is 10.8 Å². The van der Waals surface area contributed by atoms with E-state index in [2.05, 4.69) is 10.3 Å². The molecule has 0 fully saturated rings. The Hall–Kier alpha value is -3.40. The molecule has 0 bridgehead atoms. The number of fused-ring (bicyclic) bond motifs is 2. The third kappa shape index (κ3) is 2.78. The van der Waals surface area contributed by atoms with Gasteiger partial charge in [0.15, 0.2) is 6.04 Å². The fourth-order valence-corrected chi connectivity index (χ4v) is 3.07. The van der Waals surface area contributed by atoms with E-state index in [-0.39, 0.29) is 0 Å². The van der Waals surface area contributed by atoms with Gasteiger partial charge in [-0.25, -0.2) is 9.78 Å². The van der Waals surface area contributed by atoms with Crippen LogP contribution in [0.1, 0.15) is 11.6 Å². The van der Waals surface area contributed by atoms with Gasteiger partial charge in [0.2, 0.25) is 0 Å². The molecule has 0 radical (unpaired) electrons. The highest BCUT2D eigenvalue weighted by molar-refractivity contribution is 6.08. The Balaban J connectivity index is 1.93. The Bertz CT molecular complexity index is 1010. The number of nitrogens with one attached hydrogen (secondary N) is 1. The lowest BCUT2D eigenvalue weighted by atomic mass is 10.0. The summed E-state index contributed by atoms with van der Waals surface area (Å²) in [5.41, 5.74) is 3.17. The molecule has 0 saturated heterocycles. The van der Waals surface area contributed by atoms with Crippen molar-refractivity contribution in [1.82, 2.24) is 4.98 Å². The Morgan fingerprint density at radius 3 is 1.88 bits per heavy atom. The summed E-state index contributed by atoms with van der Waals surface area (Å²) in [6, 6.07) is 23.9. The third-order valence-corrected chi connectivity index (χ3v) is 4.26. The zero-order chi connectivity index (χ0) is 17.2. The molecule has 25 heavy (non-hydrogen) atoms. The Labute approximate surface area is 144 Å². The average Bonchev–Trinajstić information content (AvgIpc) is 2.65. The van der Waals surface area contributed by atoms with Gasteiger partial charge in [-0.15, -0.1) is 0 Å². The van der Waals surface area contributed by atoms with Gasteiger partial charge >= 0.3 is 5.97 Å². The van der Waals surface area contributed by atoms with Crippen LogP contribution in [0.4, 0.5) is 5.69 Å². The summed E-state index contributed by atoms with van der Waals surface area (Å²) < 4.78 is 0. The summed E-state index contributed by atoms with van der Waals surface area (Å²) in [6.07, 6.45) is 0. The minimum atomic E-state index is -0.920. The molecule has 3 aromatic carbocycles. The predicted octanol–water partition coefficient (Wildman–Crippen LogP) is 4.63. The van der Waals surface area contributed by atoms with Crippen molar-refractivity contribution in [3.63, 3.8) is 0 Å². The lowest BCUT2D eigenvalue weighted by Gasteiger charge is -2.19. The monoisotopic (exact) mass is 328 g/mol. The molecule has 1 heterocycles. The molecule has 4 nitrogen and oxygen atoms in total. The molecular weight excluding hydrogens is 312 g/mol. The summed E-state index contributed by atoms with van der Waals surface area (Å²) in [5.74, 6) is -0.920.